The number of benzene rings is 1. The highest BCUT2D eigenvalue weighted by atomic mass is 79.9. The zero-order valence-corrected chi connectivity index (χ0v) is 12.9. The second-order valence-corrected chi connectivity index (χ2v) is 6.87. The molecule has 1 aromatic carbocycles. The molecule has 0 aromatic heterocycles. The third-order valence-electron chi connectivity index (χ3n) is 2.61. The summed E-state index contributed by atoms with van der Waals surface area (Å²) < 4.78 is 27.5. The summed E-state index contributed by atoms with van der Waals surface area (Å²) in [6, 6.07) is 4.75. The second-order valence-electron chi connectivity index (χ2n) is 4.30. The van der Waals surface area contributed by atoms with Crippen molar-refractivity contribution in [3.05, 3.63) is 28.2 Å². The first-order chi connectivity index (χ1) is 8.36. The molecule has 0 fully saturated rings. The summed E-state index contributed by atoms with van der Waals surface area (Å²) in [6.07, 6.45) is 1.20. The Morgan fingerprint density at radius 1 is 1.44 bits per heavy atom. The number of rotatable bonds is 6. The highest BCUT2D eigenvalue weighted by Crippen LogP contribution is 2.20. The van der Waals surface area contributed by atoms with Crippen molar-refractivity contribution in [2.75, 3.05) is 6.61 Å². The van der Waals surface area contributed by atoms with E-state index in [9.17, 15) is 8.42 Å². The molecule has 1 unspecified atom stereocenters. The van der Waals surface area contributed by atoms with E-state index in [4.69, 9.17) is 5.11 Å². The molecule has 18 heavy (non-hydrogen) atoms. The lowest BCUT2D eigenvalue weighted by Crippen LogP contribution is -2.32. The molecule has 0 aliphatic carbocycles. The second kappa shape index (κ2) is 6.65. The highest BCUT2D eigenvalue weighted by molar-refractivity contribution is 9.10. The van der Waals surface area contributed by atoms with Crippen molar-refractivity contribution in [1.29, 1.82) is 0 Å². The van der Waals surface area contributed by atoms with Crippen LogP contribution in [0.15, 0.2) is 27.6 Å². The number of hydrogen-bond acceptors (Lipinski definition) is 3. The van der Waals surface area contributed by atoms with E-state index in [2.05, 4.69) is 20.7 Å². The van der Waals surface area contributed by atoms with Crippen LogP contribution in [-0.2, 0) is 10.0 Å². The number of aliphatic hydroxyl groups excluding tert-OH is 1. The zero-order valence-electron chi connectivity index (χ0n) is 10.5. The maximum Gasteiger partial charge on any atom is 0.240 e. The van der Waals surface area contributed by atoms with E-state index in [0.29, 0.717) is 12.8 Å². The first kappa shape index (κ1) is 15.6. The highest BCUT2D eigenvalue weighted by Gasteiger charge is 2.17. The van der Waals surface area contributed by atoms with Gasteiger partial charge in [0.1, 0.15) is 0 Å². The van der Waals surface area contributed by atoms with Gasteiger partial charge in [0.2, 0.25) is 10.0 Å². The number of aryl methyl sites for hydroxylation is 1. The van der Waals surface area contributed by atoms with Gasteiger partial charge in [0.15, 0.2) is 0 Å². The van der Waals surface area contributed by atoms with Crippen LogP contribution in [0.25, 0.3) is 0 Å². The van der Waals surface area contributed by atoms with Gasteiger partial charge < -0.3 is 5.11 Å². The first-order valence-corrected chi connectivity index (χ1v) is 8.04. The van der Waals surface area contributed by atoms with Crippen LogP contribution in [-0.4, -0.2) is 26.2 Å². The van der Waals surface area contributed by atoms with Gasteiger partial charge in [-0.2, -0.15) is 0 Å². The van der Waals surface area contributed by atoms with Crippen molar-refractivity contribution in [2.45, 2.75) is 37.6 Å². The minimum absolute atomic E-state index is 0.0716. The maximum atomic E-state index is 12.1. The van der Waals surface area contributed by atoms with Gasteiger partial charge in [-0.1, -0.05) is 22.0 Å². The van der Waals surface area contributed by atoms with Crippen LogP contribution in [0.5, 0.6) is 0 Å². The fourth-order valence-corrected chi connectivity index (χ4v) is 3.36. The van der Waals surface area contributed by atoms with Gasteiger partial charge >= 0.3 is 0 Å². The maximum absolute atomic E-state index is 12.1. The van der Waals surface area contributed by atoms with Crippen LogP contribution < -0.4 is 4.72 Å². The van der Waals surface area contributed by atoms with Crippen LogP contribution in [0.4, 0.5) is 0 Å². The molecule has 0 aliphatic rings. The topological polar surface area (TPSA) is 66.4 Å². The Hall–Kier alpha value is -0.430. The molecule has 0 bridgehead atoms. The van der Waals surface area contributed by atoms with Gasteiger partial charge in [0.25, 0.3) is 0 Å². The molecule has 0 spiro atoms. The van der Waals surface area contributed by atoms with E-state index < -0.39 is 10.0 Å². The largest absolute Gasteiger partial charge is 0.396 e. The van der Waals surface area contributed by atoms with Crippen LogP contribution in [0.2, 0.25) is 0 Å². The van der Waals surface area contributed by atoms with E-state index in [0.717, 1.165) is 10.0 Å². The summed E-state index contributed by atoms with van der Waals surface area (Å²) in [5.74, 6) is 0. The Morgan fingerprint density at radius 2 is 2.11 bits per heavy atom. The van der Waals surface area contributed by atoms with E-state index in [1.165, 1.54) is 0 Å². The zero-order chi connectivity index (χ0) is 13.8. The van der Waals surface area contributed by atoms with Crippen molar-refractivity contribution in [2.24, 2.45) is 0 Å². The lowest BCUT2D eigenvalue weighted by molar-refractivity contribution is 0.279. The van der Waals surface area contributed by atoms with Crippen LogP contribution in [0, 0.1) is 6.92 Å². The van der Waals surface area contributed by atoms with Crippen LogP contribution in [0.1, 0.15) is 25.3 Å². The average molecular weight is 336 g/mol. The minimum atomic E-state index is -3.49. The van der Waals surface area contributed by atoms with Crippen molar-refractivity contribution in [3.63, 3.8) is 0 Å². The Kier molecular flexibility index (Phi) is 5.78. The predicted molar refractivity (Wildman–Crippen MR) is 75.0 cm³/mol. The van der Waals surface area contributed by atoms with Crippen LogP contribution in [0.3, 0.4) is 0 Å². The van der Waals surface area contributed by atoms with E-state index in [1.807, 2.05) is 6.92 Å². The lowest BCUT2D eigenvalue weighted by atomic mass is 10.2. The van der Waals surface area contributed by atoms with Gasteiger partial charge in [-0.05, 0) is 44.4 Å². The smallest absolute Gasteiger partial charge is 0.240 e. The van der Waals surface area contributed by atoms with Crippen molar-refractivity contribution >= 4 is 26.0 Å². The summed E-state index contributed by atoms with van der Waals surface area (Å²) in [4.78, 5) is 0.246. The lowest BCUT2D eigenvalue weighted by Gasteiger charge is -2.14. The van der Waals surface area contributed by atoms with Gasteiger partial charge in [0.05, 0.1) is 4.90 Å². The molecule has 6 heteroatoms. The fourth-order valence-electron chi connectivity index (χ4n) is 1.53. The third-order valence-corrected chi connectivity index (χ3v) is 5.05. The summed E-state index contributed by atoms with van der Waals surface area (Å²) >= 11 is 3.32. The Bertz CT molecular complexity index is 502. The third kappa shape index (κ3) is 4.35. The first-order valence-electron chi connectivity index (χ1n) is 5.76. The molecule has 0 amide bonds. The summed E-state index contributed by atoms with van der Waals surface area (Å²) in [7, 11) is -3.49. The Morgan fingerprint density at radius 3 is 2.67 bits per heavy atom. The van der Waals surface area contributed by atoms with Crippen LogP contribution >= 0.6 is 15.9 Å². The van der Waals surface area contributed by atoms with Crippen molar-refractivity contribution in [1.82, 2.24) is 4.72 Å². The quantitative estimate of drug-likeness (QED) is 0.837. The molecule has 1 rings (SSSR count). The predicted octanol–water partition coefficient (Wildman–Crippen LogP) is 2.20. The molecular weight excluding hydrogens is 318 g/mol. The molecule has 0 saturated heterocycles. The normalized spacial score (nSPS) is 13.6. The molecule has 0 aliphatic heterocycles. The molecule has 0 saturated carbocycles. The summed E-state index contributed by atoms with van der Waals surface area (Å²) in [6.45, 7) is 3.76. The van der Waals surface area contributed by atoms with Gasteiger partial charge in [-0.15, -0.1) is 0 Å². The van der Waals surface area contributed by atoms with Gasteiger partial charge in [0, 0.05) is 17.1 Å². The molecule has 1 atom stereocenters. The minimum Gasteiger partial charge on any atom is -0.396 e. The molecule has 1 aromatic rings. The number of aliphatic hydroxyl groups is 1. The number of hydrogen-bond donors (Lipinski definition) is 2. The Labute approximate surface area is 117 Å². The van der Waals surface area contributed by atoms with Crippen molar-refractivity contribution in [3.8, 4) is 0 Å². The molecule has 2 N–H and O–H groups in total. The van der Waals surface area contributed by atoms with Crippen molar-refractivity contribution < 1.29 is 13.5 Å². The summed E-state index contributed by atoms with van der Waals surface area (Å²) in [5, 5.41) is 8.71. The number of nitrogens with one attached hydrogen (secondary N) is 1. The van der Waals surface area contributed by atoms with Gasteiger partial charge in [-0.3, -0.25) is 0 Å². The Balaban J connectivity index is 2.83. The molecule has 102 valence electrons. The van der Waals surface area contributed by atoms with E-state index in [1.54, 1.807) is 25.1 Å². The number of sulfonamides is 1. The molecule has 0 radical (unpaired) electrons. The molecule has 0 heterocycles. The van der Waals surface area contributed by atoms with Gasteiger partial charge in [-0.25, -0.2) is 13.1 Å². The SMILES string of the molecule is Cc1ccc(S(=O)(=O)NC(C)CCCO)cc1Br. The van der Waals surface area contributed by atoms with E-state index >= 15 is 0 Å². The molecule has 4 nitrogen and oxygen atoms in total. The average Bonchev–Trinajstić information content (AvgIpc) is 2.29. The number of halogens is 1. The monoisotopic (exact) mass is 335 g/mol. The summed E-state index contributed by atoms with van der Waals surface area (Å²) in [5.41, 5.74) is 0.988. The van der Waals surface area contributed by atoms with E-state index in [-0.39, 0.29) is 17.5 Å². The molecular formula is C12H18BrNO3S. The standard InChI is InChI=1S/C12H18BrNO3S/c1-9-5-6-11(8-12(9)13)18(16,17)14-10(2)4-3-7-15/h5-6,8,10,14-15H,3-4,7H2,1-2H3. The fraction of sp³-hybridized carbons (Fsp3) is 0.500.